The maximum atomic E-state index is 11.8. The van der Waals surface area contributed by atoms with Gasteiger partial charge in [0, 0.05) is 18.3 Å². The van der Waals surface area contributed by atoms with Crippen molar-refractivity contribution in [1.82, 2.24) is 0 Å². The summed E-state index contributed by atoms with van der Waals surface area (Å²) < 4.78 is 24.3. The summed E-state index contributed by atoms with van der Waals surface area (Å²) in [4.78, 5) is 23.8. The molecule has 0 unspecified atom stereocenters. The van der Waals surface area contributed by atoms with Crippen LogP contribution in [0.4, 0.5) is 0 Å². The number of rotatable bonds is 4. The van der Waals surface area contributed by atoms with E-state index in [1.54, 1.807) is 12.1 Å². The minimum atomic E-state index is -0.965. The van der Waals surface area contributed by atoms with E-state index in [0.717, 1.165) is 31.2 Å². The molecule has 0 amide bonds. The molecule has 33 heavy (non-hydrogen) atoms. The van der Waals surface area contributed by atoms with Crippen LogP contribution < -0.4 is 4.74 Å². The monoisotopic (exact) mass is 460 g/mol. The number of carboxylic acid groups (broad SMARTS) is 1. The van der Waals surface area contributed by atoms with Crippen molar-refractivity contribution in [3.8, 4) is 5.75 Å². The van der Waals surface area contributed by atoms with Gasteiger partial charge in [-0.25, -0.2) is 9.78 Å². The van der Waals surface area contributed by atoms with E-state index in [9.17, 15) is 9.90 Å². The van der Waals surface area contributed by atoms with Gasteiger partial charge in [-0.2, -0.15) is 0 Å². The van der Waals surface area contributed by atoms with Crippen LogP contribution in [0, 0.1) is 23.7 Å². The molecule has 0 radical (unpaired) electrons. The van der Waals surface area contributed by atoms with Crippen molar-refractivity contribution in [2.75, 3.05) is 13.2 Å². The lowest BCUT2D eigenvalue weighted by Gasteiger charge is -2.60. The van der Waals surface area contributed by atoms with Crippen LogP contribution in [0.3, 0.4) is 0 Å². The zero-order valence-electron chi connectivity index (χ0n) is 19.3. The lowest BCUT2D eigenvalue weighted by Crippen LogP contribution is -2.70. The molecule has 1 aromatic carbocycles. The molecule has 1 aromatic rings. The number of carbonyl (C=O) groups is 1. The molecule has 1 saturated carbocycles. The van der Waals surface area contributed by atoms with Crippen LogP contribution in [0.5, 0.6) is 5.75 Å². The molecule has 6 fully saturated rings. The smallest absolute Gasteiger partial charge is 0.318 e. The normalized spacial score (nSPS) is 45.4. The summed E-state index contributed by atoms with van der Waals surface area (Å²) in [6.07, 6.45) is 2.84. The van der Waals surface area contributed by atoms with Crippen molar-refractivity contribution in [2.45, 2.75) is 75.8 Å². The molecule has 8 nitrogen and oxygen atoms in total. The first-order valence-corrected chi connectivity index (χ1v) is 12.1. The quantitative estimate of drug-likeness (QED) is 0.681. The number of benzene rings is 1. The first-order valence-electron chi connectivity index (χ1n) is 12.1. The third-order valence-corrected chi connectivity index (χ3v) is 8.86. The van der Waals surface area contributed by atoms with E-state index < -0.39 is 35.4 Å². The van der Waals surface area contributed by atoms with E-state index >= 15 is 0 Å². The molecule has 6 aliphatic rings. The van der Waals surface area contributed by atoms with E-state index in [1.165, 1.54) is 0 Å². The first-order chi connectivity index (χ1) is 15.8. The van der Waals surface area contributed by atoms with Crippen LogP contribution in [-0.4, -0.2) is 48.3 Å². The van der Waals surface area contributed by atoms with Gasteiger partial charge in [0.2, 0.25) is 12.1 Å². The van der Waals surface area contributed by atoms with Crippen molar-refractivity contribution in [2.24, 2.45) is 23.7 Å². The fourth-order valence-corrected chi connectivity index (χ4v) is 6.71. The van der Waals surface area contributed by atoms with Gasteiger partial charge in [-0.05, 0) is 55.7 Å². The standard InChI is InChI=1S/C25H32O8/c1-14-4-9-19-15(2)20(30-22-25(19)18(14)10-11-23(3,31-22)32-33-25)29-17-7-5-16(6-8-17)24(21(26)27)12-28-13-24/h5-8,14-15,18-20,22H,4,9-13H2,1-3H3,(H,26,27)/t14-,15-,18+,19+,20+,22-,23-,25-/m1/s1. The van der Waals surface area contributed by atoms with E-state index in [1.807, 2.05) is 19.1 Å². The number of fused-ring (bicyclic) bond motifs is 2. The molecule has 1 N–H and O–H groups in total. The highest BCUT2D eigenvalue weighted by atomic mass is 17.3. The Morgan fingerprint density at radius 3 is 2.48 bits per heavy atom. The molecule has 180 valence electrons. The van der Waals surface area contributed by atoms with Crippen LogP contribution in [0.15, 0.2) is 24.3 Å². The molecule has 5 heterocycles. The molecule has 7 rings (SSSR count). The third-order valence-electron chi connectivity index (χ3n) is 8.86. The van der Waals surface area contributed by atoms with Crippen LogP contribution in [0.1, 0.15) is 52.0 Å². The molecule has 5 aliphatic heterocycles. The van der Waals surface area contributed by atoms with Crippen molar-refractivity contribution >= 4 is 5.97 Å². The Hall–Kier alpha value is -1.71. The second kappa shape index (κ2) is 7.39. The van der Waals surface area contributed by atoms with Gasteiger partial charge >= 0.3 is 5.97 Å². The summed E-state index contributed by atoms with van der Waals surface area (Å²) >= 11 is 0. The first kappa shape index (κ1) is 21.8. The summed E-state index contributed by atoms with van der Waals surface area (Å²) in [6.45, 7) is 6.73. The highest BCUT2D eigenvalue weighted by molar-refractivity contribution is 5.83. The number of ether oxygens (including phenoxy) is 4. The summed E-state index contributed by atoms with van der Waals surface area (Å²) in [6, 6.07) is 7.24. The number of aliphatic carboxylic acids is 1. The van der Waals surface area contributed by atoms with E-state index in [-0.39, 0.29) is 25.0 Å². The average molecular weight is 461 g/mol. The highest BCUT2D eigenvalue weighted by Crippen LogP contribution is 2.60. The topological polar surface area (TPSA) is 92.7 Å². The number of hydrogen-bond acceptors (Lipinski definition) is 7. The molecule has 2 bridgehead atoms. The molecule has 8 heteroatoms. The minimum Gasteiger partial charge on any atom is -0.480 e. The molecular weight excluding hydrogens is 428 g/mol. The highest BCUT2D eigenvalue weighted by Gasteiger charge is 2.69. The Morgan fingerprint density at radius 1 is 1.06 bits per heavy atom. The largest absolute Gasteiger partial charge is 0.480 e. The lowest BCUT2D eigenvalue weighted by atomic mass is 9.58. The molecule has 5 saturated heterocycles. The predicted octanol–water partition coefficient (Wildman–Crippen LogP) is 3.63. The zero-order valence-corrected chi connectivity index (χ0v) is 19.3. The second-order valence-corrected chi connectivity index (χ2v) is 10.8. The molecule has 1 aliphatic carbocycles. The van der Waals surface area contributed by atoms with Crippen molar-refractivity contribution in [1.29, 1.82) is 0 Å². The fourth-order valence-electron chi connectivity index (χ4n) is 6.71. The number of carboxylic acids is 1. The van der Waals surface area contributed by atoms with E-state index in [0.29, 0.717) is 17.6 Å². The Bertz CT molecular complexity index is 929. The van der Waals surface area contributed by atoms with Crippen molar-refractivity contribution < 1.29 is 38.6 Å². The molecule has 0 aromatic heterocycles. The van der Waals surface area contributed by atoms with Crippen LogP contribution in [0.2, 0.25) is 0 Å². The molecular formula is C25H32O8. The Balaban J connectivity index is 1.26. The summed E-state index contributed by atoms with van der Waals surface area (Å²) in [5.41, 5.74) is -0.861. The Morgan fingerprint density at radius 2 is 1.82 bits per heavy atom. The minimum absolute atomic E-state index is 0.0657. The zero-order chi connectivity index (χ0) is 23.0. The summed E-state index contributed by atoms with van der Waals surface area (Å²) in [7, 11) is 0. The average Bonchev–Trinajstić information content (AvgIpc) is 2.98. The number of hydrogen-bond donors (Lipinski definition) is 1. The van der Waals surface area contributed by atoms with Crippen molar-refractivity contribution in [3.05, 3.63) is 29.8 Å². The summed E-state index contributed by atoms with van der Waals surface area (Å²) in [5.74, 6) is 0.0204. The van der Waals surface area contributed by atoms with Crippen LogP contribution >= 0.6 is 0 Å². The van der Waals surface area contributed by atoms with E-state index in [2.05, 4.69) is 13.8 Å². The Kier molecular flexibility index (Phi) is 4.88. The fraction of sp³-hybridized carbons (Fsp3) is 0.720. The SMILES string of the molecule is C[C@H]1[C@@H](Oc2ccc(C3(C(=O)O)COC3)cc2)O[C@@H]2O[C@@]3(C)CC[C@H]4[C@H](C)CC[C@@H]1[C@@]24OO3. The Labute approximate surface area is 193 Å². The molecule has 8 atom stereocenters. The van der Waals surface area contributed by atoms with Gasteiger partial charge in [-0.3, -0.25) is 4.79 Å². The lowest BCUT2D eigenvalue weighted by molar-refractivity contribution is -0.575. The van der Waals surface area contributed by atoms with Gasteiger partial charge in [0.05, 0.1) is 13.2 Å². The summed E-state index contributed by atoms with van der Waals surface area (Å²) in [5, 5.41) is 9.64. The maximum absolute atomic E-state index is 11.8. The second-order valence-electron chi connectivity index (χ2n) is 10.8. The van der Waals surface area contributed by atoms with Gasteiger partial charge in [-0.1, -0.05) is 26.0 Å². The van der Waals surface area contributed by atoms with Gasteiger partial charge in [0.25, 0.3) is 0 Å². The van der Waals surface area contributed by atoms with Crippen LogP contribution in [0.25, 0.3) is 0 Å². The third kappa shape index (κ3) is 3.04. The van der Waals surface area contributed by atoms with Gasteiger partial charge in [-0.15, -0.1) is 0 Å². The van der Waals surface area contributed by atoms with E-state index in [4.69, 9.17) is 28.7 Å². The van der Waals surface area contributed by atoms with Crippen molar-refractivity contribution in [3.63, 3.8) is 0 Å². The predicted molar refractivity (Wildman–Crippen MR) is 114 cm³/mol. The maximum Gasteiger partial charge on any atom is 0.318 e. The van der Waals surface area contributed by atoms with Gasteiger partial charge in [0.15, 0.2) is 11.9 Å². The van der Waals surface area contributed by atoms with Crippen LogP contribution in [-0.2, 0) is 34.2 Å². The van der Waals surface area contributed by atoms with Gasteiger partial charge < -0.3 is 24.1 Å². The van der Waals surface area contributed by atoms with Gasteiger partial charge in [0.1, 0.15) is 11.2 Å². The molecule has 1 spiro atoms.